The van der Waals surface area contributed by atoms with Gasteiger partial charge in [0.15, 0.2) is 0 Å². The van der Waals surface area contributed by atoms with Gasteiger partial charge in [-0.15, -0.1) is 0 Å². The van der Waals surface area contributed by atoms with E-state index < -0.39 is 0 Å². The minimum atomic E-state index is -0.258. The molecule has 0 bridgehead atoms. The van der Waals surface area contributed by atoms with Crippen LogP contribution in [-0.2, 0) is 13.6 Å². The number of carbonyl (C=O) groups excluding carboxylic acids is 1. The third-order valence-corrected chi connectivity index (χ3v) is 3.87. The number of aryl methyl sites for hydroxylation is 2. The SMILES string of the molecule is Cc1nn(C)c(C)c1CNC(=O)c1cc(Br)cnc1Cl. The summed E-state index contributed by atoms with van der Waals surface area (Å²) in [6.45, 7) is 4.30. The number of pyridine rings is 1. The predicted molar refractivity (Wildman–Crippen MR) is 80.8 cm³/mol. The van der Waals surface area contributed by atoms with Gasteiger partial charge < -0.3 is 5.32 Å². The van der Waals surface area contributed by atoms with E-state index >= 15 is 0 Å². The zero-order valence-electron chi connectivity index (χ0n) is 11.4. The van der Waals surface area contributed by atoms with Gasteiger partial charge in [-0.2, -0.15) is 5.10 Å². The summed E-state index contributed by atoms with van der Waals surface area (Å²) < 4.78 is 2.51. The largest absolute Gasteiger partial charge is 0.348 e. The maximum absolute atomic E-state index is 12.1. The van der Waals surface area contributed by atoms with Gasteiger partial charge in [0.05, 0.1) is 11.3 Å². The number of rotatable bonds is 3. The van der Waals surface area contributed by atoms with Crippen molar-refractivity contribution < 1.29 is 4.79 Å². The quantitative estimate of drug-likeness (QED) is 0.859. The second-order valence-corrected chi connectivity index (χ2v) is 5.72. The van der Waals surface area contributed by atoms with Crippen molar-refractivity contribution in [3.05, 3.63) is 44.4 Å². The molecule has 0 saturated carbocycles. The van der Waals surface area contributed by atoms with Gasteiger partial charge in [-0.05, 0) is 35.8 Å². The highest BCUT2D eigenvalue weighted by Crippen LogP contribution is 2.18. The van der Waals surface area contributed by atoms with E-state index in [0.29, 0.717) is 16.6 Å². The predicted octanol–water partition coefficient (Wildman–Crippen LogP) is 2.78. The molecule has 0 aliphatic heterocycles. The highest BCUT2D eigenvalue weighted by molar-refractivity contribution is 9.10. The van der Waals surface area contributed by atoms with Crippen molar-refractivity contribution in [3.63, 3.8) is 0 Å². The van der Waals surface area contributed by atoms with Crippen LogP contribution in [0.3, 0.4) is 0 Å². The van der Waals surface area contributed by atoms with Gasteiger partial charge in [-0.3, -0.25) is 9.48 Å². The minimum Gasteiger partial charge on any atom is -0.348 e. The fourth-order valence-electron chi connectivity index (χ4n) is 1.92. The van der Waals surface area contributed by atoms with Crippen LogP contribution in [0.15, 0.2) is 16.7 Å². The number of amides is 1. The summed E-state index contributed by atoms with van der Waals surface area (Å²) in [5.74, 6) is -0.258. The summed E-state index contributed by atoms with van der Waals surface area (Å²) >= 11 is 9.20. The first-order valence-electron chi connectivity index (χ1n) is 5.98. The molecule has 2 heterocycles. The molecule has 7 heteroatoms. The molecule has 106 valence electrons. The summed E-state index contributed by atoms with van der Waals surface area (Å²) in [5.41, 5.74) is 3.30. The van der Waals surface area contributed by atoms with Crippen molar-refractivity contribution in [2.24, 2.45) is 7.05 Å². The van der Waals surface area contributed by atoms with E-state index in [2.05, 4.69) is 31.3 Å². The Morgan fingerprint density at radius 3 is 2.80 bits per heavy atom. The summed E-state index contributed by atoms with van der Waals surface area (Å²) in [6, 6.07) is 1.65. The van der Waals surface area contributed by atoms with Crippen LogP contribution in [0.1, 0.15) is 27.3 Å². The molecule has 1 amide bonds. The first-order chi connectivity index (χ1) is 9.40. The van der Waals surface area contributed by atoms with E-state index in [1.165, 1.54) is 0 Å². The fraction of sp³-hybridized carbons (Fsp3) is 0.308. The Bertz CT molecular complexity index is 669. The molecule has 0 spiro atoms. The maximum atomic E-state index is 12.1. The van der Waals surface area contributed by atoms with Gasteiger partial charge in [0, 0.05) is 35.5 Å². The van der Waals surface area contributed by atoms with Crippen molar-refractivity contribution in [2.45, 2.75) is 20.4 Å². The highest BCUT2D eigenvalue weighted by Gasteiger charge is 2.14. The average molecular weight is 358 g/mol. The van der Waals surface area contributed by atoms with Gasteiger partial charge in [0.25, 0.3) is 5.91 Å². The van der Waals surface area contributed by atoms with Gasteiger partial charge in [-0.1, -0.05) is 11.6 Å². The molecule has 0 radical (unpaired) electrons. The number of halogens is 2. The Kier molecular flexibility index (Phi) is 4.45. The normalized spacial score (nSPS) is 10.7. The van der Waals surface area contributed by atoms with Gasteiger partial charge >= 0.3 is 0 Å². The van der Waals surface area contributed by atoms with E-state index in [1.807, 2.05) is 20.9 Å². The molecule has 1 N–H and O–H groups in total. The lowest BCUT2D eigenvalue weighted by molar-refractivity contribution is 0.0950. The zero-order valence-corrected chi connectivity index (χ0v) is 13.7. The minimum absolute atomic E-state index is 0.185. The van der Waals surface area contributed by atoms with E-state index in [4.69, 9.17) is 11.6 Å². The summed E-state index contributed by atoms with van der Waals surface area (Å²) in [7, 11) is 1.88. The van der Waals surface area contributed by atoms with Crippen LogP contribution in [0.2, 0.25) is 5.15 Å². The molecule has 2 aromatic rings. The number of carbonyl (C=O) groups is 1. The van der Waals surface area contributed by atoms with E-state index in [0.717, 1.165) is 17.0 Å². The van der Waals surface area contributed by atoms with Crippen LogP contribution >= 0.6 is 27.5 Å². The van der Waals surface area contributed by atoms with Crippen molar-refractivity contribution in [2.75, 3.05) is 0 Å². The number of nitrogens with one attached hydrogen (secondary N) is 1. The molecule has 2 aromatic heterocycles. The molecule has 0 aliphatic rings. The Labute approximate surface area is 130 Å². The molecule has 0 aliphatic carbocycles. The van der Waals surface area contributed by atoms with E-state index in [1.54, 1.807) is 16.9 Å². The van der Waals surface area contributed by atoms with Gasteiger partial charge in [-0.25, -0.2) is 4.98 Å². The monoisotopic (exact) mass is 356 g/mol. The highest BCUT2D eigenvalue weighted by atomic mass is 79.9. The van der Waals surface area contributed by atoms with Crippen molar-refractivity contribution in [3.8, 4) is 0 Å². The molecule has 20 heavy (non-hydrogen) atoms. The van der Waals surface area contributed by atoms with Crippen LogP contribution < -0.4 is 5.32 Å². The smallest absolute Gasteiger partial charge is 0.254 e. The lowest BCUT2D eigenvalue weighted by Gasteiger charge is -2.07. The summed E-state index contributed by atoms with van der Waals surface area (Å²) in [5, 5.41) is 7.34. The van der Waals surface area contributed by atoms with Crippen molar-refractivity contribution >= 4 is 33.4 Å². The molecule has 0 unspecified atom stereocenters. The Balaban J connectivity index is 2.15. The molecule has 0 saturated heterocycles. The topological polar surface area (TPSA) is 59.8 Å². The van der Waals surface area contributed by atoms with Crippen molar-refractivity contribution in [1.82, 2.24) is 20.1 Å². The number of hydrogen-bond donors (Lipinski definition) is 1. The lowest BCUT2D eigenvalue weighted by atomic mass is 10.2. The Morgan fingerprint density at radius 2 is 2.20 bits per heavy atom. The molecule has 2 rings (SSSR count). The Morgan fingerprint density at radius 1 is 1.50 bits per heavy atom. The van der Waals surface area contributed by atoms with Crippen LogP contribution in [0, 0.1) is 13.8 Å². The van der Waals surface area contributed by atoms with Crippen LogP contribution in [0.4, 0.5) is 0 Å². The number of aromatic nitrogens is 3. The fourth-order valence-corrected chi connectivity index (χ4v) is 2.44. The van der Waals surface area contributed by atoms with Crippen LogP contribution in [0.5, 0.6) is 0 Å². The van der Waals surface area contributed by atoms with Gasteiger partial charge in [0.1, 0.15) is 5.15 Å². The second-order valence-electron chi connectivity index (χ2n) is 4.45. The maximum Gasteiger partial charge on any atom is 0.254 e. The molecule has 0 fully saturated rings. The molecular weight excluding hydrogens is 344 g/mol. The average Bonchev–Trinajstić information content (AvgIpc) is 2.64. The number of nitrogens with zero attached hydrogens (tertiary/aromatic N) is 3. The van der Waals surface area contributed by atoms with Crippen LogP contribution in [-0.4, -0.2) is 20.7 Å². The third kappa shape index (κ3) is 3.02. The summed E-state index contributed by atoms with van der Waals surface area (Å²) in [6.07, 6.45) is 1.55. The molecular formula is C13H14BrClN4O. The molecule has 5 nitrogen and oxygen atoms in total. The van der Waals surface area contributed by atoms with Crippen molar-refractivity contribution in [1.29, 1.82) is 0 Å². The molecule has 0 aromatic carbocycles. The second kappa shape index (κ2) is 5.93. The standard InChI is InChI=1S/C13H14BrClN4O/c1-7-11(8(2)19(3)18-7)6-17-13(20)10-4-9(14)5-16-12(10)15/h4-5H,6H2,1-3H3,(H,17,20). The molecule has 0 atom stereocenters. The number of hydrogen-bond acceptors (Lipinski definition) is 3. The Hall–Kier alpha value is -1.40. The lowest BCUT2D eigenvalue weighted by Crippen LogP contribution is -2.24. The first kappa shape index (κ1) is 15.0. The van der Waals surface area contributed by atoms with E-state index in [-0.39, 0.29) is 11.1 Å². The summed E-state index contributed by atoms with van der Waals surface area (Å²) in [4.78, 5) is 16.1. The first-order valence-corrected chi connectivity index (χ1v) is 7.15. The van der Waals surface area contributed by atoms with Gasteiger partial charge in [0.2, 0.25) is 0 Å². The van der Waals surface area contributed by atoms with E-state index in [9.17, 15) is 4.79 Å². The zero-order chi connectivity index (χ0) is 14.9. The van der Waals surface area contributed by atoms with Crippen LogP contribution in [0.25, 0.3) is 0 Å². The third-order valence-electron chi connectivity index (χ3n) is 3.13.